The van der Waals surface area contributed by atoms with E-state index in [9.17, 15) is 19.5 Å². The number of hydrogen-bond acceptors (Lipinski definition) is 7. The number of carbonyl (C=O) groups excluding carboxylic acids is 2. The molecule has 8 heteroatoms. The van der Waals surface area contributed by atoms with Gasteiger partial charge in [0.05, 0.1) is 18.8 Å². The summed E-state index contributed by atoms with van der Waals surface area (Å²) >= 11 is 1.22. The molecule has 148 valence electrons. The van der Waals surface area contributed by atoms with Gasteiger partial charge in [0.1, 0.15) is 5.00 Å². The van der Waals surface area contributed by atoms with Crippen molar-refractivity contribution >= 4 is 34.2 Å². The Labute approximate surface area is 166 Å². The zero-order chi connectivity index (χ0) is 20.7. The summed E-state index contributed by atoms with van der Waals surface area (Å²) in [4.78, 5) is 36.6. The molecule has 0 aliphatic carbocycles. The van der Waals surface area contributed by atoms with Gasteiger partial charge in [0.15, 0.2) is 5.57 Å². The highest BCUT2D eigenvalue weighted by Crippen LogP contribution is 2.39. The quantitative estimate of drug-likeness (QED) is 0.299. The van der Waals surface area contributed by atoms with E-state index in [4.69, 9.17) is 9.47 Å². The molecule has 1 aromatic heterocycles. The summed E-state index contributed by atoms with van der Waals surface area (Å²) in [5, 5.41) is 12.7. The Bertz CT molecular complexity index is 881. The molecule has 28 heavy (non-hydrogen) atoms. The Morgan fingerprint density at radius 2 is 1.64 bits per heavy atom. The molecular weight excluding hydrogens is 382 g/mol. The van der Waals surface area contributed by atoms with Gasteiger partial charge < -0.3 is 19.9 Å². The molecule has 1 aromatic carbocycles. The van der Waals surface area contributed by atoms with Crippen LogP contribution in [0.2, 0.25) is 0 Å². The highest BCUT2D eigenvalue weighted by molar-refractivity contribution is 7.20. The molecular formula is C20H21NO6S. The monoisotopic (exact) mass is 403 g/mol. The van der Waals surface area contributed by atoms with Crippen LogP contribution in [0.1, 0.15) is 29.8 Å². The highest BCUT2D eigenvalue weighted by atomic mass is 32.1. The minimum Gasteiger partial charge on any atom is -0.478 e. The van der Waals surface area contributed by atoms with Crippen LogP contribution in [0.4, 0.5) is 5.00 Å². The summed E-state index contributed by atoms with van der Waals surface area (Å²) in [5.74, 6) is -2.80. The van der Waals surface area contributed by atoms with Crippen molar-refractivity contribution in [3.8, 4) is 10.4 Å². The molecule has 7 nitrogen and oxygen atoms in total. The molecule has 0 saturated carbocycles. The SMILES string of the molecule is CCOC(=O)C(=CNc1sc(-c2ccccc2)c(C)c1C(=O)O)C(=O)OCC. The first kappa shape index (κ1) is 21.2. The largest absolute Gasteiger partial charge is 0.478 e. The van der Waals surface area contributed by atoms with E-state index in [0.29, 0.717) is 10.6 Å². The number of hydrogen-bond donors (Lipinski definition) is 2. The van der Waals surface area contributed by atoms with Crippen LogP contribution < -0.4 is 5.32 Å². The van der Waals surface area contributed by atoms with Gasteiger partial charge in [0.2, 0.25) is 0 Å². The van der Waals surface area contributed by atoms with E-state index in [2.05, 4.69) is 5.32 Å². The summed E-state index contributed by atoms with van der Waals surface area (Å²) in [6.07, 6.45) is 1.13. The fraction of sp³-hybridized carbons (Fsp3) is 0.250. The second kappa shape index (κ2) is 9.70. The molecule has 2 aromatic rings. The molecule has 0 unspecified atom stereocenters. The van der Waals surface area contributed by atoms with Crippen molar-refractivity contribution in [2.24, 2.45) is 0 Å². The van der Waals surface area contributed by atoms with E-state index in [-0.39, 0.29) is 24.4 Å². The van der Waals surface area contributed by atoms with Crippen LogP contribution in [-0.4, -0.2) is 36.2 Å². The number of carboxylic acid groups (broad SMARTS) is 1. The number of anilines is 1. The first-order valence-corrected chi connectivity index (χ1v) is 9.45. The fourth-order valence-electron chi connectivity index (χ4n) is 2.49. The first-order valence-electron chi connectivity index (χ1n) is 8.63. The van der Waals surface area contributed by atoms with E-state index >= 15 is 0 Å². The number of nitrogens with one attached hydrogen (secondary N) is 1. The second-order valence-corrected chi connectivity index (χ2v) is 6.60. The fourth-order valence-corrected chi connectivity index (χ4v) is 3.67. The number of esters is 2. The van der Waals surface area contributed by atoms with Gasteiger partial charge in [-0.25, -0.2) is 14.4 Å². The number of benzene rings is 1. The minimum atomic E-state index is -1.11. The molecule has 0 amide bonds. The Hall–Kier alpha value is -3.13. The van der Waals surface area contributed by atoms with Gasteiger partial charge >= 0.3 is 17.9 Å². The number of carboxylic acids is 1. The second-order valence-electron chi connectivity index (χ2n) is 5.57. The van der Waals surface area contributed by atoms with Gasteiger partial charge in [-0.1, -0.05) is 30.3 Å². The maximum absolute atomic E-state index is 12.0. The van der Waals surface area contributed by atoms with Crippen LogP contribution in [-0.2, 0) is 19.1 Å². The van der Waals surface area contributed by atoms with Gasteiger partial charge in [-0.15, -0.1) is 11.3 Å². The molecule has 0 fully saturated rings. The maximum atomic E-state index is 12.0. The Kier molecular flexibility index (Phi) is 7.34. The van der Waals surface area contributed by atoms with Crippen molar-refractivity contribution in [3.05, 3.63) is 53.2 Å². The Balaban J connectivity index is 2.45. The molecule has 0 radical (unpaired) electrons. The van der Waals surface area contributed by atoms with Crippen LogP contribution in [0.3, 0.4) is 0 Å². The predicted molar refractivity (Wildman–Crippen MR) is 106 cm³/mol. The standard InChI is InChI=1S/C20H21NO6S/c1-4-26-19(24)14(20(25)27-5-2)11-21-17-15(18(22)23)12(3)16(28-17)13-9-7-6-8-10-13/h6-11,21H,4-5H2,1-3H3,(H,22,23). The van der Waals surface area contributed by atoms with Crippen molar-refractivity contribution in [2.75, 3.05) is 18.5 Å². The van der Waals surface area contributed by atoms with Crippen LogP contribution in [0.15, 0.2) is 42.1 Å². The number of aromatic carboxylic acids is 1. The predicted octanol–water partition coefficient (Wildman–Crippen LogP) is 3.84. The van der Waals surface area contributed by atoms with Crippen molar-refractivity contribution in [2.45, 2.75) is 20.8 Å². The summed E-state index contributed by atoms with van der Waals surface area (Å²) < 4.78 is 9.75. The van der Waals surface area contributed by atoms with Crippen LogP contribution in [0, 0.1) is 6.92 Å². The maximum Gasteiger partial charge on any atom is 0.347 e. The number of ether oxygens (including phenoxy) is 2. The van der Waals surface area contributed by atoms with Gasteiger partial charge in [-0.3, -0.25) is 0 Å². The third kappa shape index (κ3) is 4.77. The van der Waals surface area contributed by atoms with Crippen molar-refractivity contribution in [1.82, 2.24) is 0 Å². The average Bonchev–Trinajstić information content (AvgIpc) is 2.99. The summed E-state index contributed by atoms with van der Waals surface area (Å²) in [7, 11) is 0. The van der Waals surface area contributed by atoms with Crippen molar-refractivity contribution < 1.29 is 29.0 Å². The van der Waals surface area contributed by atoms with Crippen molar-refractivity contribution in [3.63, 3.8) is 0 Å². The van der Waals surface area contributed by atoms with E-state index in [1.807, 2.05) is 30.3 Å². The van der Waals surface area contributed by atoms with Gasteiger partial charge in [0, 0.05) is 11.1 Å². The summed E-state index contributed by atoms with van der Waals surface area (Å²) in [6, 6.07) is 9.36. The topological polar surface area (TPSA) is 102 Å². The molecule has 2 N–H and O–H groups in total. The molecule has 0 saturated heterocycles. The minimum absolute atomic E-state index is 0.0761. The van der Waals surface area contributed by atoms with Crippen LogP contribution >= 0.6 is 11.3 Å². The smallest absolute Gasteiger partial charge is 0.347 e. The lowest BCUT2D eigenvalue weighted by Gasteiger charge is -2.07. The van der Waals surface area contributed by atoms with Gasteiger partial charge in [0.25, 0.3) is 0 Å². The average molecular weight is 403 g/mol. The van der Waals surface area contributed by atoms with E-state index in [0.717, 1.165) is 16.6 Å². The summed E-state index contributed by atoms with van der Waals surface area (Å²) in [6.45, 7) is 5.13. The third-order valence-corrected chi connectivity index (χ3v) is 5.01. The van der Waals surface area contributed by atoms with Crippen molar-refractivity contribution in [1.29, 1.82) is 0 Å². The zero-order valence-corrected chi connectivity index (χ0v) is 16.6. The molecule has 2 rings (SSSR count). The lowest BCUT2D eigenvalue weighted by Crippen LogP contribution is -2.19. The highest BCUT2D eigenvalue weighted by Gasteiger charge is 2.24. The zero-order valence-electron chi connectivity index (χ0n) is 15.8. The lowest BCUT2D eigenvalue weighted by molar-refractivity contribution is -0.146. The van der Waals surface area contributed by atoms with Gasteiger partial charge in [-0.2, -0.15) is 0 Å². The molecule has 0 aliphatic heterocycles. The molecule has 0 aliphatic rings. The van der Waals surface area contributed by atoms with E-state index in [1.165, 1.54) is 11.3 Å². The van der Waals surface area contributed by atoms with E-state index < -0.39 is 17.9 Å². The first-order chi connectivity index (χ1) is 13.4. The molecule has 0 atom stereocenters. The number of carbonyl (C=O) groups is 3. The van der Waals surface area contributed by atoms with E-state index in [1.54, 1.807) is 20.8 Å². The molecule has 0 bridgehead atoms. The third-order valence-electron chi connectivity index (χ3n) is 3.73. The normalized spacial score (nSPS) is 10.1. The Morgan fingerprint density at radius 3 is 2.14 bits per heavy atom. The van der Waals surface area contributed by atoms with Gasteiger partial charge in [-0.05, 0) is 31.9 Å². The molecule has 1 heterocycles. The van der Waals surface area contributed by atoms with Crippen LogP contribution in [0.25, 0.3) is 10.4 Å². The summed E-state index contributed by atoms with van der Waals surface area (Å²) in [5.41, 5.74) is 1.20. The Morgan fingerprint density at radius 1 is 1.07 bits per heavy atom. The number of thiophene rings is 1. The number of rotatable bonds is 8. The van der Waals surface area contributed by atoms with Crippen LogP contribution in [0.5, 0.6) is 0 Å². The lowest BCUT2D eigenvalue weighted by atomic mass is 10.1. The molecule has 0 spiro atoms.